The summed E-state index contributed by atoms with van der Waals surface area (Å²) in [7, 11) is 0. The Balaban J connectivity index is 3.03. The largest absolute Gasteiger partial charge is 0.462 e. The van der Waals surface area contributed by atoms with Gasteiger partial charge in [-0.1, -0.05) is 6.07 Å². The van der Waals surface area contributed by atoms with Gasteiger partial charge in [0.25, 0.3) is 0 Å². The minimum absolute atomic E-state index is 0.0831. The molecule has 0 aliphatic rings. The molecule has 6 N–H and O–H groups in total. The molecule has 0 aliphatic heterocycles. The van der Waals surface area contributed by atoms with E-state index in [4.69, 9.17) is 16.2 Å². The van der Waals surface area contributed by atoms with Gasteiger partial charge in [0.05, 0.1) is 18.3 Å². The Morgan fingerprint density at radius 3 is 2.67 bits per heavy atom. The van der Waals surface area contributed by atoms with E-state index in [2.05, 4.69) is 0 Å². The summed E-state index contributed by atoms with van der Waals surface area (Å²) in [5.41, 5.74) is 11.7. The highest BCUT2D eigenvalue weighted by atomic mass is 16.5. The number of anilines is 1. The van der Waals surface area contributed by atoms with E-state index in [-0.39, 0.29) is 24.4 Å². The molecule has 0 amide bonds. The van der Waals surface area contributed by atoms with Crippen molar-refractivity contribution in [3.63, 3.8) is 0 Å². The van der Waals surface area contributed by atoms with Crippen LogP contribution in [0, 0.1) is 0 Å². The van der Waals surface area contributed by atoms with Crippen LogP contribution in [0.15, 0.2) is 18.2 Å². The topological polar surface area (TPSA) is 119 Å². The summed E-state index contributed by atoms with van der Waals surface area (Å²) in [5, 5.41) is 19.3. The zero-order valence-electron chi connectivity index (χ0n) is 10.2. The van der Waals surface area contributed by atoms with E-state index in [1.165, 1.54) is 18.2 Å². The Morgan fingerprint density at radius 1 is 1.44 bits per heavy atom. The van der Waals surface area contributed by atoms with Gasteiger partial charge in [0.1, 0.15) is 6.10 Å². The van der Waals surface area contributed by atoms with E-state index < -0.39 is 18.2 Å². The van der Waals surface area contributed by atoms with Crippen LogP contribution in [-0.4, -0.2) is 35.4 Å². The van der Waals surface area contributed by atoms with Crippen LogP contribution >= 0.6 is 0 Å². The minimum Gasteiger partial charge on any atom is -0.462 e. The molecule has 1 aromatic carbocycles. The summed E-state index contributed by atoms with van der Waals surface area (Å²) in [6.07, 6.45) is -2.26. The van der Waals surface area contributed by atoms with Crippen molar-refractivity contribution in [2.45, 2.75) is 19.1 Å². The van der Waals surface area contributed by atoms with Gasteiger partial charge in [-0.25, -0.2) is 4.79 Å². The molecule has 0 fully saturated rings. The third-order valence-corrected chi connectivity index (χ3v) is 2.52. The van der Waals surface area contributed by atoms with Crippen LogP contribution in [0.1, 0.15) is 28.9 Å². The molecule has 0 radical (unpaired) electrons. The quantitative estimate of drug-likeness (QED) is 0.427. The van der Waals surface area contributed by atoms with Gasteiger partial charge in [0.15, 0.2) is 0 Å². The van der Waals surface area contributed by atoms with Crippen LogP contribution < -0.4 is 11.5 Å². The first-order valence-electron chi connectivity index (χ1n) is 5.64. The van der Waals surface area contributed by atoms with Crippen molar-refractivity contribution in [3.05, 3.63) is 29.3 Å². The Morgan fingerprint density at radius 2 is 2.11 bits per heavy atom. The van der Waals surface area contributed by atoms with Gasteiger partial charge in [-0.3, -0.25) is 0 Å². The number of rotatable bonds is 5. The zero-order chi connectivity index (χ0) is 13.7. The van der Waals surface area contributed by atoms with Gasteiger partial charge in [-0.05, 0) is 24.6 Å². The summed E-state index contributed by atoms with van der Waals surface area (Å²) < 4.78 is 4.84. The lowest BCUT2D eigenvalue weighted by Crippen LogP contribution is -2.27. The van der Waals surface area contributed by atoms with Crippen molar-refractivity contribution in [1.29, 1.82) is 0 Å². The fraction of sp³-hybridized carbons (Fsp3) is 0.417. The summed E-state index contributed by atoms with van der Waals surface area (Å²) in [4.78, 5) is 11.6. The number of nitrogen functional groups attached to an aromatic ring is 1. The average molecular weight is 254 g/mol. The Bertz CT molecular complexity index is 423. The molecule has 0 saturated heterocycles. The SMILES string of the molecule is CCOC(=O)c1cc(C(O)C(O)CN)ccc1N. The van der Waals surface area contributed by atoms with Crippen molar-refractivity contribution in [2.24, 2.45) is 5.73 Å². The van der Waals surface area contributed by atoms with Crippen LogP contribution in [0.4, 0.5) is 5.69 Å². The molecular weight excluding hydrogens is 236 g/mol. The number of ether oxygens (including phenoxy) is 1. The van der Waals surface area contributed by atoms with Crippen LogP contribution in [-0.2, 0) is 4.74 Å². The molecule has 6 heteroatoms. The Hall–Kier alpha value is -1.63. The maximum absolute atomic E-state index is 11.6. The van der Waals surface area contributed by atoms with Gasteiger partial charge < -0.3 is 26.4 Å². The molecule has 0 aromatic heterocycles. The number of carbonyl (C=O) groups excluding carboxylic acids is 1. The fourth-order valence-electron chi connectivity index (χ4n) is 1.49. The maximum atomic E-state index is 11.6. The first-order chi connectivity index (χ1) is 8.51. The highest BCUT2D eigenvalue weighted by Gasteiger charge is 2.19. The molecule has 2 unspecified atom stereocenters. The second-order valence-corrected chi connectivity index (χ2v) is 3.82. The molecule has 18 heavy (non-hydrogen) atoms. The highest BCUT2D eigenvalue weighted by molar-refractivity contribution is 5.95. The van der Waals surface area contributed by atoms with Crippen molar-refractivity contribution < 1.29 is 19.7 Å². The highest BCUT2D eigenvalue weighted by Crippen LogP contribution is 2.22. The molecule has 0 heterocycles. The number of hydrogen-bond donors (Lipinski definition) is 4. The normalized spacial score (nSPS) is 14.0. The molecule has 0 aliphatic carbocycles. The predicted octanol–water partition coefficient (Wildman–Crippen LogP) is -0.202. The smallest absolute Gasteiger partial charge is 0.340 e. The summed E-state index contributed by atoms with van der Waals surface area (Å²) >= 11 is 0. The monoisotopic (exact) mass is 254 g/mol. The first kappa shape index (κ1) is 14.4. The minimum atomic E-state index is -1.16. The molecule has 1 rings (SSSR count). The maximum Gasteiger partial charge on any atom is 0.340 e. The van der Waals surface area contributed by atoms with Gasteiger partial charge in [0.2, 0.25) is 0 Å². The molecular formula is C12H18N2O4. The molecule has 2 atom stereocenters. The number of aliphatic hydroxyl groups is 2. The number of benzene rings is 1. The third kappa shape index (κ3) is 3.19. The number of carbonyl (C=O) groups is 1. The summed E-state index contributed by atoms with van der Waals surface area (Å²) in [5.74, 6) is -0.564. The number of nitrogens with two attached hydrogens (primary N) is 2. The van der Waals surface area contributed by atoms with Crippen molar-refractivity contribution >= 4 is 11.7 Å². The predicted molar refractivity (Wildman–Crippen MR) is 66.8 cm³/mol. The summed E-state index contributed by atoms with van der Waals surface area (Å²) in [6, 6.07) is 4.41. The lowest BCUT2D eigenvalue weighted by Gasteiger charge is -2.17. The van der Waals surface area contributed by atoms with E-state index in [1.54, 1.807) is 6.92 Å². The van der Waals surface area contributed by atoms with Gasteiger partial charge in [0, 0.05) is 12.2 Å². The van der Waals surface area contributed by atoms with Gasteiger partial charge in [-0.2, -0.15) is 0 Å². The van der Waals surface area contributed by atoms with Crippen molar-refractivity contribution in [1.82, 2.24) is 0 Å². The van der Waals surface area contributed by atoms with E-state index >= 15 is 0 Å². The van der Waals surface area contributed by atoms with Gasteiger partial charge in [-0.15, -0.1) is 0 Å². The number of esters is 1. The second kappa shape index (κ2) is 6.34. The van der Waals surface area contributed by atoms with Crippen molar-refractivity contribution in [3.8, 4) is 0 Å². The zero-order valence-corrected chi connectivity index (χ0v) is 10.2. The standard InChI is InChI=1S/C12H18N2O4/c1-2-18-12(17)8-5-7(3-4-9(8)14)11(16)10(15)6-13/h3-5,10-11,15-16H,2,6,13-14H2,1H3. The molecule has 0 spiro atoms. The Kier molecular flexibility index (Phi) is 5.08. The fourth-order valence-corrected chi connectivity index (χ4v) is 1.49. The lowest BCUT2D eigenvalue weighted by molar-refractivity contribution is 0.0242. The Labute approximate surface area is 105 Å². The van der Waals surface area contributed by atoms with Crippen LogP contribution in [0.25, 0.3) is 0 Å². The lowest BCUT2D eigenvalue weighted by atomic mass is 10.0. The molecule has 0 saturated carbocycles. The van der Waals surface area contributed by atoms with Crippen LogP contribution in [0.5, 0.6) is 0 Å². The average Bonchev–Trinajstić information content (AvgIpc) is 2.37. The molecule has 1 aromatic rings. The van der Waals surface area contributed by atoms with E-state index in [0.717, 1.165) is 0 Å². The van der Waals surface area contributed by atoms with Gasteiger partial charge >= 0.3 is 5.97 Å². The van der Waals surface area contributed by atoms with E-state index in [9.17, 15) is 15.0 Å². The summed E-state index contributed by atoms with van der Waals surface area (Å²) in [6.45, 7) is 1.84. The van der Waals surface area contributed by atoms with Crippen molar-refractivity contribution in [2.75, 3.05) is 18.9 Å². The second-order valence-electron chi connectivity index (χ2n) is 3.82. The van der Waals surface area contributed by atoms with E-state index in [0.29, 0.717) is 5.56 Å². The third-order valence-electron chi connectivity index (χ3n) is 2.52. The number of hydrogen-bond acceptors (Lipinski definition) is 6. The molecule has 6 nitrogen and oxygen atoms in total. The van der Waals surface area contributed by atoms with E-state index in [1.807, 2.05) is 0 Å². The molecule has 0 bridgehead atoms. The molecule has 100 valence electrons. The van der Waals surface area contributed by atoms with Crippen LogP contribution in [0.2, 0.25) is 0 Å². The van der Waals surface area contributed by atoms with Crippen LogP contribution in [0.3, 0.4) is 0 Å². The number of aliphatic hydroxyl groups excluding tert-OH is 2. The first-order valence-corrected chi connectivity index (χ1v) is 5.64.